The molecule has 0 atom stereocenters. The molecule has 0 fully saturated rings. The van der Waals surface area contributed by atoms with Gasteiger partial charge < -0.3 is 14.0 Å². The van der Waals surface area contributed by atoms with E-state index in [1.807, 2.05) is 0 Å². The maximum absolute atomic E-state index is 11.9. The predicted molar refractivity (Wildman–Crippen MR) is 47.6 cm³/mol. The molecule has 0 unspecified atom stereocenters. The number of methoxy groups -OCH3 is 1. The molecule has 1 aromatic carbocycles. The molecule has 0 bridgehead atoms. The van der Waals surface area contributed by atoms with Crippen LogP contribution in [-0.4, -0.2) is 26.4 Å². The summed E-state index contributed by atoms with van der Waals surface area (Å²) < 4.78 is 75.8. The Kier molecular flexibility index (Phi) is 6.60. The number of rotatable bonds is 3. The van der Waals surface area contributed by atoms with Gasteiger partial charge in [-0.25, -0.2) is 8.42 Å². The SMILES string of the molecule is COc1cc(OC(F)(F)F)ccc1S(=O)(=O)[O-].[K+]. The van der Waals surface area contributed by atoms with Crippen LogP contribution in [0.4, 0.5) is 13.2 Å². The fourth-order valence-corrected chi connectivity index (χ4v) is 1.67. The molecule has 5 nitrogen and oxygen atoms in total. The Morgan fingerprint density at radius 2 is 1.83 bits per heavy atom. The molecular weight excluding hydrogens is 304 g/mol. The van der Waals surface area contributed by atoms with Gasteiger partial charge in [-0.2, -0.15) is 0 Å². The van der Waals surface area contributed by atoms with E-state index in [0.29, 0.717) is 18.2 Å². The van der Waals surface area contributed by atoms with Gasteiger partial charge in [-0.3, -0.25) is 0 Å². The van der Waals surface area contributed by atoms with Crippen molar-refractivity contribution in [2.24, 2.45) is 0 Å². The number of benzene rings is 1. The first-order valence-corrected chi connectivity index (χ1v) is 5.44. The quantitative estimate of drug-likeness (QED) is 0.502. The van der Waals surface area contributed by atoms with Gasteiger partial charge in [0.15, 0.2) is 0 Å². The Morgan fingerprint density at radius 3 is 2.22 bits per heavy atom. The predicted octanol–water partition coefficient (Wildman–Crippen LogP) is -1.50. The van der Waals surface area contributed by atoms with Crippen LogP contribution in [0.5, 0.6) is 11.5 Å². The Morgan fingerprint density at radius 1 is 1.28 bits per heavy atom. The fourth-order valence-electron chi connectivity index (χ4n) is 1.05. The topological polar surface area (TPSA) is 75.7 Å². The summed E-state index contributed by atoms with van der Waals surface area (Å²) in [7, 11) is -3.80. The van der Waals surface area contributed by atoms with Crippen molar-refractivity contribution in [2.45, 2.75) is 11.3 Å². The van der Waals surface area contributed by atoms with E-state index in [0.717, 1.165) is 7.11 Å². The Hall–Kier alpha value is 0.156. The monoisotopic (exact) mass is 310 g/mol. The zero-order valence-corrected chi connectivity index (χ0v) is 13.3. The molecule has 96 valence electrons. The van der Waals surface area contributed by atoms with Gasteiger partial charge in [-0.05, 0) is 12.1 Å². The Balaban J connectivity index is 0.00000289. The minimum atomic E-state index is -4.91. The summed E-state index contributed by atoms with van der Waals surface area (Å²) in [6.07, 6.45) is -4.91. The molecule has 0 N–H and O–H groups in total. The molecule has 0 aliphatic rings. The third-order valence-electron chi connectivity index (χ3n) is 1.64. The van der Waals surface area contributed by atoms with E-state index < -0.39 is 32.9 Å². The molecule has 10 heteroatoms. The molecule has 0 spiro atoms. The molecule has 0 aliphatic heterocycles. The van der Waals surface area contributed by atoms with Gasteiger partial charge in [-0.1, -0.05) is 0 Å². The first kappa shape index (κ1) is 18.2. The molecule has 1 rings (SSSR count). The van der Waals surface area contributed by atoms with E-state index in [1.54, 1.807) is 0 Å². The van der Waals surface area contributed by atoms with Gasteiger partial charge in [0.05, 0.1) is 12.0 Å². The zero-order valence-electron chi connectivity index (χ0n) is 9.32. The van der Waals surface area contributed by atoms with Crippen LogP contribution in [0.3, 0.4) is 0 Å². The van der Waals surface area contributed by atoms with Crippen molar-refractivity contribution < 1.29 is 87.0 Å². The van der Waals surface area contributed by atoms with Gasteiger partial charge in [0, 0.05) is 6.07 Å². The molecule has 0 saturated carbocycles. The summed E-state index contributed by atoms with van der Waals surface area (Å²) in [6.45, 7) is 0. The third kappa shape index (κ3) is 5.42. The second-order valence-electron chi connectivity index (χ2n) is 2.81. The summed E-state index contributed by atoms with van der Waals surface area (Å²) in [5.41, 5.74) is 0. The van der Waals surface area contributed by atoms with Gasteiger partial charge in [0.25, 0.3) is 0 Å². The third-order valence-corrected chi connectivity index (χ3v) is 2.51. The molecule has 0 radical (unpaired) electrons. The van der Waals surface area contributed by atoms with Crippen molar-refractivity contribution in [3.05, 3.63) is 18.2 Å². The van der Waals surface area contributed by atoms with E-state index in [2.05, 4.69) is 9.47 Å². The smallest absolute Gasteiger partial charge is 0.744 e. The number of alkyl halides is 3. The van der Waals surface area contributed by atoms with Crippen molar-refractivity contribution in [1.82, 2.24) is 0 Å². The van der Waals surface area contributed by atoms with E-state index in [4.69, 9.17) is 0 Å². The largest absolute Gasteiger partial charge is 1.00 e. The maximum Gasteiger partial charge on any atom is 1.00 e. The number of ether oxygens (including phenoxy) is 2. The minimum Gasteiger partial charge on any atom is -0.744 e. The average molecular weight is 310 g/mol. The van der Waals surface area contributed by atoms with E-state index in [9.17, 15) is 26.1 Å². The van der Waals surface area contributed by atoms with Crippen LogP contribution in [0.1, 0.15) is 0 Å². The summed E-state index contributed by atoms with van der Waals surface area (Å²) in [5.74, 6) is -1.19. The van der Waals surface area contributed by atoms with Crippen molar-refractivity contribution >= 4 is 10.1 Å². The summed E-state index contributed by atoms with van der Waals surface area (Å²) in [5, 5.41) is 0. The zero-order chi connectivity index (χ0) is 13.3. The summed E-state index contributed by atoms with van der Waals surface area (Å²) in [4.78, 5) is -0.755. The molecule has 0 aromatic heterocycles. The van der Waals surface area contributed by atoms with Crippen molar-refractivity contribution in [3.8, 4) is 11.5 Å². The van der Waals surface area contributed by atoms with E-state index >= 15 is 0 Å². The standard InChI is InChI=1S/C8H7F3O5S.K/c1-15-6-4-5(16-8(9,10)11)2-3-7(6)17(12,13)14;/h2-4H,1H3,(H,12,13,14);/q;+1/p-1. The Labute approximate surface area is 143 Å². The molecule has 0 aliphatic carbocycles. The fraction of sp³-hybridized carbons (Fsp3) is 0.250. The second kappa shape index (κ2) is 6.55. The number of halogens is 3. The second-order valence-corrected chi connectivity index (χ2v) is 4.16. The summed E-state index contributed by atoms with van der Waals surface area (Å²) in [6, 6.07) is 2.06. The van der Waals surface area contributed by atoms with Crippen LogP contribution in [0.15, 0.2) is 23.1 Å². The van der Waals surface area contributed by atoms with Crippen LogP contribution >= 0.6 is 0 Å². The van der Waals surface area contributed by atoms with Crippen LogP contribution in [0.2, 0.25) is 0 Å². The number of hydrogen-bond acceptors (Lipinski definition) is 5. The molecular formula is C8H6F3KO5S. The maximum atomic E-state index is 11.9. The molecule has 0 saturated heterocycles. The van der Waals surface area contributed by atoms with E-state index in [1.165, 1.54) is 0 Å². The van der Waals surface area contributed by atoms with Gasteiger partial charge >= 0.3 is 57.7 Å². The molecule has 18 heavy (non-hydrogen) atoms. The van der Waals surface area contributed by atoms with E-state index in [-0.39, 0.29) is 51.4 Å². The van der Waals surface area contributed by atoms with Gasteiger partial charge in [-0.15, -0.1) is 13.2 Å². The van der Waals surface area contributed by atoms with Crippen molar-refractivity contribution in [3.63, 3.8) is 0 Å². The van der Waals surface area contributed by atoms with Crippen LogP contribution in [0, 0.1) is 0 Å². The average Bonchev–Trinajstić information content (AvgIpc) is 2.13. The first-order valence-electron chi connectivity index (χ1n) is 4.03. The minimum absolute atomic E-state index is 0. The van der Waals surface area contributed by atoms with Gasteiger partial charge in [0.1, 0.15) is 21.6 Å². The van der Waals surface area contributed by atoms with Gasteiger partial charge in [0.2, 0.25) is 0 Å². The molecule has 1 aromatic rings. The van der Waals surface area contributed by atoms with Crippen molar-refractivity contribution in [2.75, 3.05) is 7.11 Å². The van der Waals surface area contributed by atoms with Crippen LogP contribution in [0.25, 0.3) is 0 Å². The molecule has 0 heterocycles. The molecule has 0 amide bonds. The van der Waals surface area contributed by atoms with Crippen molar-refractivity contribution in [1.29, 1.82) is 0 Å². The summed E-state index contributed by atoms with van der Waals surface area (Å²) >= 11 is 0. The first-order chi connectivity index (χ1) is 7.63. The van der Waals surface area contributed by atoms with Crippen LogP contribution in [-0.2, 0) is 10.1 Å². The van der Waals surface area contributed by atoms with Crippen LogP contribution < -0.4 is 60.9 Å². The normalized spacial score (nSPS) is 11.6. The Bertz CT molecular complexity index is 514. The number of hydrogen-bond donors (Lipinski definition) is 0.